The molecule has 1 aliphatic heterocycles. The highest BCUT2D eigenvalue weighted by atomic mass is 32.2. The van der Waals surface area contributed by atoms with Crippen molar-refractivity contribution in [1.29, 1.82) is 0 Å². The Morgan fingerprint density at radius 2 is 2.14 bits per heavy atom. The molecule has 1 aromatic carbocycles. The summed E-state index contributed by atoms with van der Waals surface area (Å²) < 4.78 is 25.9. The third-order valence-electron chi connectivity index (χ3n) is 3.81. The second kappa shape index (κ2) is 5.60. The molecule has 0 aliphatic carbocycles. The predicted octanol–water partition coefficient (Wildman–Crippen LogP) is 1.68. The largest absolute Gasteiger partial charge is 0.290 e. The molecule has 0 bridgehead atoms. The second-order valence-electron chi connectivity index (χ2n) is 5.39. The van der Waals surface area contributed by atoms with E-state index in [0.29, 0.717) is 24.5 Å². The number of anilines is 1. The summed E-state index contributed by atoms with van der Waals surface area (Å²) in [5, 5.41) is 0.589. The van der Waals surface area contributed by atoms with Crippen molar-refractivity contribution in [3.05, 3.63) is 24.3 Å². The summed E-state index contributed by atoms with van der Waals surface area (Å²) >= 11 is 1.43. The van der Waals surface area contributed by atoms with Crippen LogP contribution in [0.25, 0.3) is 10.2 Å². The normalized spacial score (nSPS) is 19.6. The summed E-state index contributed by atoms with van der Waals surface area (Å²) in [5.41, 5.74) is 0.841. The molecule has 1 amide bonds. The Hall–Kier alpha value is -1.51. The average Bonchev–Trinajstić information content (AvgIpc) is 3.11. The Kier molecular flexibility index (Phi) is 3.92. The molecule has 0 N–H and O–H groups in total. The maximum absolute atomic E-state index is 12.7. The lowest BCUT2D eigenvalue weighted by Gasteiger charge is -2.24. The Bertz CT molecular complexity index is 783. The molecule has 0 radical (unpaired) electrons. The van der Waals surface area contributed by atoms with Crippen molar-refractivity contribution in [2.24, 2.45) is 0 Å². The number of amides is 1. The number of sulfonamides is 1. The van der Waals surface area contributed by atoms with Gasteiger partial charge in [-0.25, -0.2) is 13.4 Å². The van der Waals surface area contributed by atoms with E-state index in [1.165, 1.54) is 20.5 Å². The first-order chi connectivity index (χ1) is 10.4. The van der Waals surface area contributed by atoms with E-state index < -0.39 is 16.1 Å². The van der Waals surface area contributed by atoms with Crippen LogP contribution in [0.4, 0.5) is 5.13 Å². The molecule has 118 valence electrons. The molecule has 1 fully saturated rings. The summed E-state index contributed by atoms with van der Waals surface area (Å²) in [6.45, 7) is 0.406. The van der Waals surface area contributed by atoms with E-state index >= 15 is 0 Å². The first-order valence-corrected chi connectivity index (χ1v) is 9.64. The van der Waals surface area contributed by atoms with Gasteiger partial charge in [0.1, 0.15) is 6.04 Å². The van der Waals surface area contributed by atoms with Gasteiger partial charge in [-0.15, -0.1) is 0 Å². The second-order valence-corrected chi connectivity index (χ2v) is 8.34. The van der Waals surface area contributed by atoms with Crippen LogP contribution in [0.3, 0.4) is 0 Å². The lowest BCUT2D eigenvalue weighted by Crippen LogP contribution is -2.46. The molecule has 6 nitrogen and oxygen atoms in total. The average molecular weight is 339 g/mol. The van der Waals surface area contributed by atoms with Gasteiger partial charge in [-0.3, -0.25) is 9.69 Å². The molecule has 3 rings (SSSR count). The molecule has 8 heteroatoms. The van der Waals surface area contributed by atoms with E-state index in [1.807, 2.05) is 24.3 Å². The number of thiazole rings is 1. The fraction of sp³-hybridized carbons (Fsp3) is 0.429. The van der Waals surface area contributed by atoms with Crippen LogP contribution >= 0.6 is 11.3 Å². The first-order valence-electron chi connectivity index (χ1n) is 6.98. The number of para-hydroxylation sites is 1. The van der Waals surface area contributed by atoms with E-state index in [1.54, 1.807) is 7.05 Å². The minimum atomic E-state index is -3.37. The predicted molar refractivity (Wildman–Crippen MR) is 87.6 cm³/mol. The van der Waals surface area contributed by atoms with Crippen LogP contribution in [0.2, 0.25) is 0 Å². The van der Waals surface area contributed by atoms with Crippen LogP contribution in [-0.4, -0.2) is 49.5 Å². The number of carbonyl (C=O) groups excluding carboxylic acids is 1. The van der Waals surface area contributed by atoms with E-state index in [4.69, 9.17) is 0 Å². The van der Waals surface area contributed by atoms with E-state index in [9.17, 15) is 13.2 Å². The zero-order chi connectivity index (χ0) is 15.9. The molecule has 2 heterocycles. The number of rotatable bonds is 3. The Morgan fingerprint density at radius 3 is 2.82 bits per heavy atom. The van der Waals surface area contributed by atoms with Crippen molar-refractivity contribution in [3.8, 4) is 0 Å². The quantitative estimate of drug-likeness (QED) is 0.853. The van der Waals surface area contributed by atoms with Crippen LogP contribution in [0.5, 0.6) is 0 Å². The van der Waals surface area contributed by atoms with Gasteiger partial charge in [0.2, 0.25) is 15.9 Å². The van der Waals surface area contributed by atoms with Crippen molar-refractivity contribution in [2.45, 2.75) is 18.9 Å². The summed E-state index contributed by atoms with van der Waals surface area (Å²) in [6.07, 6.45) is 2.41. The first kappa shape index (κ1) is 15.4. The molecular weight excluding hydrogens is 322 g/mol. The summed E-state index contributed by atoms with van der Waals surface area (Å²) in [4.78, 5) is 18.6. The van der Waals surface area contributed by atoms with Gasteiger partial charge in [0, 0.05) is 13.6 Å². The van der Waals surface area contributed by atoms with Gasteiger partial charge in [-0.1, -0.05) is 23.5 Å². The Balaban J connectivity index is 1.88. The number of hydrogen-bond donors (Lipinski definition) is 0. The lowest BCUT2D eigenvalue weighted by atomic mass is 10.2. The van der Waals surface area contributed by atoms with E-state index in [2.05, 4.69) is 4.98 Å². The number of carbonyl (C=O) groups is 1. The Labute approximate surface area is 133 Å². The maximum atomic E-state index is 12.7. The molecule has 1 aliphatic rings. The fourth-order valence-electron chi connectivity index (χ4n) is 2.71. The van der Waals surface area contributed by atoms with Crippen molar-refractivity contribution < 1.29 is 13.2 Å². The van der Waals surface area contributed by atoms with Crippen molar-refractivity contribution >= 4 is 42.6 Å². The van der Waals surface area contributed by atoms with Crippen molar-refractivity contribution in [2.75, 3.05) is 24.7 Å². The van der Waals surface area contributed by atoms with Gasteiger partial charge >= 0.3 is 0 Å². The molecule has 1 aromatic heterocycles. The highest BCUT2D eigenvalue weighted by molar-refractivity contribution is 7.88. The van der Waals surface area contributed by atoms with Gasteiger partial charge in [0.05, 0.1) is 16.5 Å². The van der Waals surface area contributed by atoms with Crippen molar-refractivity contribution in [1.82, 2.24) is 9.29 Å². The molecule has 2 aromatic rings. The zero-order valence-corrected chi connectivity index (χ0v) is 14.0. The molecular formula is C14H17N3O3S2. The number of likely N-dealkylation sites (N-methyl/N-ethyl adjacent to an activating group) is 1. The minimum absolute atomic E-state index is 0.220. The lowest BCUT2D eigenvalue weighted by molar-refractivity contribution is -0.121. The fourth-order valence-corrected chi connectivity index (χ4v) is 4.76. The van der Waals surface area contributed by atoms with Crippen LogP contribution < -0.4 is 4.90 Å². The molecule has 1 saturated heterocycles. The third kappa shape index (κ3) is 2.73. The molecule has 0 unspecified atom stereocenters. The monoisotopic (exact) mass is 339 g/mol. The third-order valence-corrected chi connectivity index (χ3v) is 6.22. The highest BCUT2D eigenvalue weighted by Crippen LogP contribution is 2.30. The van der Waals surface area contributed by atoms with Crippen LogP contribution in [0.15, 0.2) is 24.3 Å². The molecule has 0 spiro atoms. The standard InChI is InChI=1S/C14H17N3O3S2/c1-16(14-15-10-6-3-4-8-12(10)21-14)13(18)11-7-5-9-17(11)22(2,19)20/h3-4,6,8,11H,5,7,9H2,1-2H3/t11-/m0/s1. The SMILES string of the molecule is CN(C(=O)[C@@H]1CCCN1S(C)(=O)=O)c1nc2ccccc2s1. The van der Waals surface area contributed by atoms with Gasteiger partial charge < -0.3 is 0 Å². The maximum Gasteiger partial charge on any atom is 0.246 e. The number of hydrogen-bond acceptors (Lipinski definition) is 5. The molecule has 1 atom stereocenters. The van der Waals surface area contributed by atoms with Crippen LogP contribution in [-0.2, 0) is 14.8 Å². The number of fused-ring (bicyclic) bond motifs is 1. The minimum Gasteiger partial charge on any atom is -0.290 e. The van der Waals surface area contributed by atoms with Gasteiger partial charge in [-0.05, 0) is 25.0 Å². The topological polar surface area (TPSA) is 70.6 Å². The Morgan fingerprint density at radius 1 is 1.41 bits per heavy atom. The van der Waals surface area contributed by atoms with Crippen LogP contribution in [0.1, 0.15) is 12.8 Å². The highest BCUT2D eigenvalue weighted by Gasteiger charge is 2.38. The van der Waals surface area contributed by atoms with E-state index in [-0.39, 0.29) is 5.91 Å². The van der Waals surface area contributed by atoms with Gasteiger partial charge in [0.15, 0.2) is 5.13 Å². The van der Waals surface area contributed by atoms with E-state index in [0.717, 1.165) is 16.5 Å². The smallest absolute Gasteiger partial charge is 0.246 e. The molecule has 22 heavy (non-hydrogen) atoms. The number of nitrogens with zero attached hydrogens (tertiary/aromatic N) is 3. The summed E-state index contributed by atoms with van der Waals surface area (Å²) in [6, 6.07) is 7.05. The summed E-state index contributed by atoms with van der Waals surface area (Å²) in [5.74, 6) is -0.220. The number of benzene rings is 1. The molecule has 0 saturated carbocycles. The van der Waals surface area contributed by atoms with Crippen molar-refractivity contribution in [3.63, 3.8) is 0 Å². The zero-order valence-electron chi connectivity index (χ0n) is 12.4. The summed E-state index contributed by atoms with van der Waals surface area (Å²) in [7, 11) is -1.72. The van der Waals surface area contributed by atoms with Gasteiger partial charge in [-0.2, -0.15) is 4.31 Å². The van der Waals surface area contributed by atoms with Gasteiger partial charge in [0.25, 0.3) is 0 Å². The van der Waals surface area contributed by atoms with Crippen LogP contribution in [0, 0.1) is 0 Å². The number of aromatic nitrogens is 1.